The molecule has 0 radical (unpaired) electrons. The van der Waals surface area contributed by atoms with Gasteiger partial charge in [-0.3, -0.25) is 4.79 Å². The Hall–Kier alpha value is -2.89. The van der Waals surface area contributed by atoms with E-state index < -0.39 is 0 Å². The predicted molar refractivity (Wildman–Crippen MR) is 111 cm³/mol. The van der Waals surface area contributed by atoms with E-state index in [1.165, 1.54) is 31.3 Å². The number of hydrogen-bond donors (Lipinski definition) is 2. The lowest BCUT2D eigenvalue weighted by Gasteiger charge is -2.13. The monoisotopic (exact) mass is 380 g/mol. The Balaban J connectivity index is 1.45. The van der Waals surface area contributed by atoms with Gasteiger partial charge in [-0.25, -0.2) is 9.97 Å². The fraction of sp³-hybridized carbons (Fsp3) is 0.409. The molecule has 0 unspecified atom stereocenters. The Morgan fingerprint density at radius 2 is 2.11 bits per heavy atom. The number of amides is 1. The quantitative estimate of drug-likeness (QED) is 0.648. The highest BCUT2D eigenvalue weighted by molar-refractivity contribution is 5.92. The van der Waals surface area contributed by atoms with Crippen molar-refractivity contribution in [1.29, 1.82) is 0 Å². The number of aromatic nitrogens is 2. The van der Waals surface area contributed by atoms with Crippen molar-refractivity contribution in [2.45, 2.75) is 38.5 Å². The Bertz CT molecular complexity index is 820. The molecule has 0 fully saturated rings. The van der Waals surface area contributed by atoms with Crippen LogP contribution in [0.15, 0.2) is 48.2 Å². The van der Waals surface area contributed by atoms with Gasteiger partial charge < -0.3 is 15.4 Å². The maximum absolute atomic E-state index is 12.4. The van der Waals surface area contributed by atoms with Crippen LogP contribution < -0.4 is 15.4 Å². The molecule has 28 heavy (non-hydrogen) atoms. The smallest absolute Gasteiger partial charge is 0.270 e. The second-order valence-electron chi connectivity index (χ2n) is 6.91. The standard InChI is InChI=1S/C22H28N4O2/c1-28-19-9-5-8-18(16-19)11-13-23-21(27)20-12-15-25-22(26-20)24-14-10-17-6-3-2-4-7-17/h5-6,8-9,12,15-16H,2-4,7,10-11,13-14H2,1H3,(H,23,27)(H,24,25,26). The predicted octanol–water partition coefficient (Wildman–Crippen LogP) is 3.76. The summed E-state index contributed by atoms with van der Waals surface area (Å²) in [4.78, 5) is 20.9. The molecule has 1 aliphatic carbocycles. The third kappa shape index (κ3) is 6.08. The van der Waals surface area contributed by atoms with Crippen LogP contribution in [0.3, 0.4) is 0 Å². The highest BCUT2D eigenvalue weighted by Gasteiger charge is 2.09. The van der Waals surface area contributed by atoms with E-state index in [-0.39, 0.29) is 5.91 Å². The summed E-state index contributed by atoms with van der Waals surface area (Å²) in [7, 11) is 1.65. The fourth-order valence-electron chi connectivity index (χ4n) is 3.28. The van der Waals surface area contributed by atoms with Gasteiger partial charge >= 0.3 is 0 Å². The van der Waals surface area contributed by atoms with E-state index in [1.54, 1.807) is 19.4 Å². The molecule has 1 aromatic heterocycles. The largest absolute Gasteiger partial charge is 0.497 e. The van der Waals surface area contributed by atoms with Gasteiger partial charge in [-0.15, -0.1) is 0 Å². The van der Waals surface area contributed by atoms with Gasteiger partial charge in [-0.1, -0.05) is 23.8 Å². The van der Waals surface area contributed by atoms with Gasteiger partial charge in [0.15, 0.2) is 0 Å². The summed E-state index contributed by atoms with van der Waals surface area (Å²) < 4.78 is 5.22. The van der Waals surface area contributed by atoms with Crippen LogP contribution in [0, 0.1) is 0 Å². The van der Waals surface area contributed by atoms with E-state index in [1.807, 2.05) is 24.3 Å². The molecule has 3 rings (SSSR count). The average Bonchev–Trinajstić information content (AvgIpc) is 2.75. The van der Waals surface area contributed by atoms with E-state index >= 15 is 0 Å². The van der Waals surface area contributed by atoms with E-state index in [9.17, 15) is 4.79 Å². The number of benzene rings is 1. The SMILES string of the molecule is COc1cccc(CCNC(=O)c2ccnc(NCCC3=CCCCC3)n2)c1. The second kappa shape index (κ2) is 10.4. The Morgan fingerprint density at radius 3 is 2.93 bits per heavy atom. The van der Waals surface area contributed by atoms with E-state index in [0.717, 1.165) is 30.7 Å². The fourth-order valence-corrected chi connectivity index (χ4v) is 3.28. The Morgan fingerprint density at radius 1 is 1.18 bits per heavy atom. The number of methoxy groups -OCH3 is 1. The third-order valence-corrected chi connectivity index (χ3v) is 4.84. The van der Waals surface area contributed by atoms with Crippen molar-refractivity contribution in [3.8, 4) is 5.75 Å². The summed E-state index contributed by atoms with van der Waals surface area (Å²) in [6.45, 7) is 1.32. The number of anilines is 1. The molecule has 0 saturated carbocycles. The number of hydrogen-bond acceptors (Lipinski definition) is 5. The van der Waals surface area contributed by atoms with Crippen LogP contribution in [0.4, 0.5) is 5.95 Å². The van der Waals surface area contributed by atoms with Crippen molar-refractivity contribution in [3.63, 3.8) is 0 Å². The van der Waals surface area contributed by atoms with Crippen molar-refractivity contribution < 1.29 is 9.53 Å². The van der Waals surface area contributed by atoms with Crippen molar-refractivity contribution in [2.24, 2.45) is 0 Å². The van der Waals surface area contributed by atoms with Crippen molar-refractivity contribution in [3.05, 3.63) is 59.4 Å². The van der Waals surface area contributed by atoms with Crippen LogP contribution in [0.5, 0.6) is 5.75 Å². The molecule has 0 spiro atoms. The van der Waals surface area contributed by atoms with Crippen molar-refractivity contribution in [1.82, 2.24) is 15.3 Å². The summed E-state index contributed by atoms with van der Waals surface area (Å²) in [6, 6.07) is 9.48. The first-order valence-electron chi connectivity index (χ1n) is 9.90. The lowest BCUT2D eigenvalue weighted by Crippen LogP contribution is -2.27. The van der Waals surface area contributed by atoms with Gasteiger partial charge in [0.05, 0.1) is 7.11 Å². The van der Waals surface area contributed by atoms with Crippen LogP contribution in [0.25, 0.3) is 0 Å². The highest BCUT2D eigenvalue weighted by Crippen LogP contribution is 2.19. The molecule has 6 nitrogen and oxygen atoms in total. The van der Waals surface area contributed by atoms with Gasteiger partial charge in [-0.2, -0.15) is 0 Å². The first-order valence-corrected chi connectivity index (χ1v) is 9.90. The minimum atomic E-state index is -0.191. The molecule has 6 heteroatoms. The summed E-state index contributed by atoms with van der Waals surface area (Å²) in [5.74, 6) is 1.12. The number of carbonyl (C=O) groups is 1. The van der Waals surface area contributed by atoms with Gasteiger partial charge in [0.2, 0.25) is 5.95 Å². The van der Waals surface area contributed by atoms with E-state index in [4.69, 9.17) is 4.74 Å². The molecule has 2 aromatic rings. The minimum absolute atomic E-state index is 0.191. The van der Waals surface area contributed by atoms with Crippen LogP contribution in [0.2, 0.25) is 0 Å². The molecule has 2 N–H and O–H groups in total. The Kier molecular flexibility index (Phi) is 7.41. The van der Waals surface area contributed by atoms with Crippen molar-refractivity contribution in [2.75, 3.05) is 25.5 Å². The lowest BCUT2D eigenvalue weighted by atomic mass is 9.97. The number of nitrogens with one attached hydrogen (secondary N) is 2. The zero-order chi connectivity index (χ0) is 19.6. The molecule has 1 aromatic carbocycles. The Labute approximate surface area is 166 Å². The van der Waals surface area contributed by atoms with Gasteiger partial charge in [0.1, 0.15) is 11.4 Å². The maximum Gasteiger partial charge on any atom is 0.270 e. The molecule has 148 valence electrons. The normalized spacial score (nSPS) is 13.5. The van der Waals surface area contributed by atoms with E-state index in [0.29, 0.717) is 18.2 Å². The van der Waals surface area contributed by atoms with Crippen LogP contribution in [-0.2, 0) is 6.42 Å². The molecule has 0 saturated heterocycles. The molecule has 0 aliphatic heterocycles. The van der Waals surface area contributed by atoms with Crippen LogP contribution >= 0.6 is 0 Å². The van der Waals surface area contributed by atoms with Crippen LogP contribution in [0.1, 0.15) is 48.2 Å². The number of rotatable bonds is 9. The average molecular weight is 380 g/mol. The molecular formula is C22H28N4O2. The number of carbonyl (C=O) groups excluding carboxylic acids is 1. The van der Waals surface area contributed by atoms with Gasteiger partial charge in [-0.05, 0) is 62.3 Å². The summed E-state index contributed by atoms with van der Waals surface area (Å²) in [6.07, 6.45) is 10.7. The third-order valence-electron chi connectivity index (χ3n) is 4.84. The summed E-state index contributed by atoms with van der Waals surface area (Å²) in [5.41, 5.74) is 2.99. The lowest BCUT2D eigenvalue weighted by molar-refractivity contribution is 0.0949. The second-order valence-corrected chi connectivity index (χ2v) is 6.91. The summed E-state index contributed by atoms with van der Waals surface area (Å²) >= 11 is 0. The molecule has 0 bridgehead atoms. The zero-order valence-electron chi connectivity index (χ0n) is 16.4. The zero-order valence-corrected chi connectivity index (χ0v) is 16.4. The number of ether oxygens (including phenoxy) is 1. The first-order chi connectivity index (χ1) is 13.7. The molecule has 0 atom stereocenters. The van der Waals surface area contributed by atoms with Gasteiger partial charge in [0.25, 0.3) is 5.91 Å². The molecule has 1 amide bonds. The highest BCUT2D eigenvalue weighted by atomic mass is 16.5. The first kappa shape index (κ1) is 19.9. The molecule has 1 aliphatic rings. The maximum atomic E-state index is 12.4. The topological polar surface area (TPSA) is 76.1 Å². The van der Waals surface area contributed by atoms with Crippen LogP contribution in [-0.4, -0.2) is 36.1 Å². The minimum Gasteiger partial charge on any atom is -0.497 e. The van der Waals surface area contributed by atoms with Gasteiger partial charge in [0, 0.05) is 19.3 Å². The number of nitrogens with zero attached hydrogens (tertiary/aromatic N) is 2. The van der Waals surface area contributed by atoms with E-state index in [2.05, 4.69) is 26.7 Å². The molecular weight excluding hydrogens is 352 g/mol. The van der Waals surface area contributed by atoms with Crippen molar-refractivity contribution >= 4 is 11.9 Å². The molecule has 1 heterocycles. The summed E-state index contributed by atoms with van der Waals surface area (Å²) in [5, 5.41) is 6.14. The number of allylic oxidation sites excluding steroid dienone is 1.